The number of hydrogen-bond donors (Lipinski definition) is 1. The zero-order valence-electron chi connectivity index (χ0n) is 34.1. The Kier molecular flexibility index (Phi) is 14.6. The molecule has 2 aromatic heterocycles. The molecule has 4 aliphatic rings. The highest BCUT2D eigenvalue weighted by molar-refractivity contribution is 14.1. The quantitative estimate of drug-likeness (QED) is 0.0652. The van der Waals surface area contributed by atoms with Gasteiger partial charge in [-0.05, 0) is 141 Å². The Labute approximate surface area is 388 Å². The van der Waals surface area contributed by atoms with Gasteiger partial charge < -0.3 is 29.5 Å². The molecule has 14 nitrogen and oxygen atoms in total. The van der Waals surface area contributed by atoms with Crippen molar-refractivity contribution in [3.63, 3.8) is 0 Å². The van der Waals surface area contributed by atoms with E-state index in [1.807, 2.05) is 4.93 Å². The fraction of sp³-hybridized carbons (Fsp3) is 0.318. The van der Waals surface area contributed by atoms with Crippen LogP contribution in [0.15, 0.2) is 60.9 Å². The molecule has 4 heterocycles. The first-order valence-electron chi connectivity index (χ1n) is 19.0. The summed E-state index contributed by atoms with van der Waals surface area (Å²) in [6.45, 7) is 17.8. The number of esters is 1. The van der Waals surface area contributed by atoms with E-state index in [9.17, 15) is 28.0 Å². The normalized spacial score (nSPS) is 16.4. The van der Waals surface area contributed by atoms with E-state index < -0.39 is 34.6 Å². The highest BCUT2D eigenvalue weighted by atomic mass is 127. The smallest absolute Gasteiger partial charge is 0.340 e. The largest absolute Gasteiger partial charge is 0.465 e. The van der Waals surface area contributed by atoms with Crippen molar-refractivity contribution in [3.8, 4) is 0 Å². The van der Waals surface area contributed by atoms with Crippen molar-refractivity contribution < 1.29 is 32.7 Å². The Bertz CT molecular complexity index is 2470. The SMILES string of the molecule is C.CI.[C-]#[N+]c1ncc(N2C(=O)C3(CCC3)N(c3ccc(C(=O)NC)c(F)c3)C2=S)cc1C.[C-]#[N+]c1ncc(N2C(=O)C3(CCC3)N(c3ccc(C(=O)OC)c(F)c3)C2=S)cc1C. The van der Waals surface area contributed by atoms with Gasteiger partial charge in [-0.15, -0.1) is 9.97 Å². The number of thiocarbonyl (C=S) groups is 2. The van der Waals surface area contributed by atoms with E-state index in [2.05, 4.69) is 52.3 Å². The number of benzene rings is 2. The molecule has 0 unspecified atom stereocenters. The number of ether oxygens (including phenoxy) is 1. The standard InChI is InChI=1S/C21H18FN5O2S.C21H17FN4O3S.CH3I.CH4/c1-12-9-14(11-25-17(12)23-2)26-19(29)21(7-4-8-21)27(20(26)30)13-5-6-15(16(22)10-13)18(28)24-3;1-12-9-14(11-24-17(12)23-2)25-19(28)21(7-4-8-21)26(20(25)30)13-5-6-15(16(22)10-13)18(27)29-3;1-2;/h5-6,9-11H,4,7-8H2,1,3H3,(H,24,28);5-6,9-11H,4,7-8H2,1,3H3;1H3;1H4. The Morgan fingerprint density at radius 3 is 1.44 bits per heavy atom. The molecule has 4 aromatic rings. The molecule has 2 aromatic carbocycles. The minimum atomic E-state index is -0.886. The van der Waals surface area contributed by atoms with Gasteiger partial charge in [-0.25, -0.2) is 13.6 Å². The number of halogens is 3. The van der Waals surface area contributed by atoms with Gasteiger partial charge in [0.2, 0.25) is 0 Å². The summed E-state index contributed by atoms with van der Waals surface area (Å²) in [4.78, 5) is 73.4. The van der Waals surface area contributed by atoms with Crippen LogP contribution >= 0.6 is 47.0 Å². The van der Waals surface area contributed by atoms with Crippen LogP contribution in [0.5, 0.6) is 0 Å². The van der Waals surface area contributed by atoms with E-state index in [-0.39, 0.29) is 52.2 Å². The van der Waals surface area contributed by atoms with E-state index in [0.717, 1.165) is 12.8 Å². The topological polar surface area (TPSA) is 137 Å². The Hall–Kier alpha value is -6.03. The number of rotatable bonds is 6. The number of aromatic nitrogens is 2. The molecule has 1 N–H and O–H groups in total. The summed E-state index contributed by atoms with van der Waals surface area (Å²) in [7, 11) is 2.61. The summed E-state index contributed by atoms with van der Waals surface area (Å²) >= 11 is 13.4. The molecule has 2 saturated heterocycles. The van der Waals surface area contributed by atoms with Crippen molar-refractivity contribution in [1.29, 1.82) is 0 Å². The van der Waals surface area contributed by atoms with Crippen LogP contribution in [0.4, 0.5) is 43.2 Å². The maximum Gasteiger partial charge on any atom is 0.340 e. The summed E-state index contributed by atoms with van der Waals surface area (Å²) in [5, 5.41) is 2.84. The number of carbonyl (C=O) groups is 4. The molecule has 19 heteroatoms. The van der Waals surface area contributed by atoms with Crippen molar-refractivity contribution in [2.24, 2.45) is 0 Å². The van der Waals surface area contributed by atoms with Crippen LogP contribution in [-0.2, 0) is 14.3 Å². The van der Waals surface area contributed by atoms with Gasteiger partial charge in [0.25, 0.3) is 29.4 Å². The van der Waals surface area contributed by atoms with E-state index in [1.165, 1.54) is 60.6 Å². The average molecular weight is 1010 g/mol. The highest BCUT2D eigenvalue weighted by Gasteiger charge is 2.61. The van der Waals surface area contributed by atoms with E-state index in [4.69, 9.17) is 37.6 Å². The minimum Gasteiger partial charge on any atom is -0.465 e. The lowest BCUT2D eigenvalue weighted by Gasteiger charge is -2.43. The second-order valence-electron chi connectivity index (χ2n) is 14.6. The highest BCUT2D eigenvalue weighted by Crippen LogP contribution is 2.49. The van der Waals surface area contributed by atoms with Crippen molar-refractivity contribution in [2.75, 3.05) is 38.7 Å². The predicted octanol–water partition coefficient (Wildman–Crippen LogP) is 9.11. The van der Waals surface area contributed by atoms with Crippen LogP contribution in [0.3, 0.4) is 0 Å². The Morgan fingerprint density at radius 1 is 0.746 bits per heavy atom. The molecule has 8 rings (SSSR count). The Morgan fingerprint density at radius 2 is 1.14 bits per heavy atom. The van der Waals surface area contributed by atoms with Crippen molar-refractivity contribution in [3.05, 3.63) is 118 Å². The molecule has 63 heavy (non-hydrogen) atoms. The fourth-order valence-corrected chi connectivity index (χ4v) is 8.82. The van der Waals surface area contributed by atoms with Crippen LogP contribution in [0.25, 0.3) is 9.69 Å². The number of amides is 3. The monoisotopic (exact) mass is 1010 g/mol. The van der Waals surface area contributed by atoms with Crippen LogP contribution in [-0.4, -0.2) is 74.0 Å². The van der Waals surface area contributed by atoms with Crippen LogP contribution in [0, 0.1) is 38.6 Å². The number of nitrogens with one attached hydrogen (secondary N) is 1. The van der Waals surface area contributed by atoms with Crippen molar-refractivity contribution in [2.45, 2.75) is 70.9 Å². The zero-order chi connectivity index (χ0) is 45.3. The van der Waals surface area contributed by atoms with Gasteiger partial charge in [-0.1, -0.05) is 43.2 Å². The third-order valence-corrected chi connectivity index (χ3v) is 12.0. The lowest BCUT2D eigenvalue weighted by atomic mass is 9.75. The first kappa shape index (κ1) is 48.0. The zero-order valence-corrected chi connectivity index (χ0v) is 37.9. The van der Waals surface area contributed by atoms with Crippen molar-refractivity contribution >= 4 is 115 Å². The number of aryl methyl sites for hydroxylation is 2. The summed E-state index contributed by atoms with van der Waals surface area (Å²) in [5.41, 5.74) is 1.01. The van der Waals surface area contributed by atoms with Gasteiger partial charge in [0.15, 0.2) is 10.2 Å². The van der Waals surface area contributed by atoms with Crippen molar-refractivity contribution in [1.82, 2.24) is 15.3 Å². The van der Waals surface area contributed by atoms with Gasteiger partial charge in [0.1, 0.15) is 35.1 Å². The number of nitrogens with zero attached hydrogens (tertiary/aromatic N) is 8. The van der Waals surface area contributed by atoms with E-state index in [1.54, 1.807) is 47.9 Å². The van der Waals surface area contributed by atoms with Gasteiger partial charge in [-0.2, -0.15) is 0 Å². The van der Waals surface area contributed by atoms with Gasteiger partial charge in [-0.3, -0.25) is 24.2 Å². The maximum atomic E-state index is 14.6. The number of methoxy groups -OCH3 is 1. The third kappa shape index (κ3) is 8.09. The lowest BCUT2D eigenvalue weighted by Crippen LogP contribution is -2.55. The molecule has 0 radical (unpaired) electrons. The molecular formula is C44H42F2IN9O5S2. The lowest BCUT2D eigenvalue weighted by molar-refractivity contribution is -0.124. The Balaban J connectivity index is 0.000000225. The molecule has 326 valence electrons. The second-order valence-corrected chi connectivity index (χ2v) is 15.3. The molecule has 0 bridgehead atoms. The summed E-state index contributed by atoms with van der Waals surface area (Å²) in [5.74, 6) is -2.61. The molecule has 3 amide bonds. The van der Waals surface area contributed by atoms with Crippen LogP contribution in [0.1, 0.15) is 77.8 Å². The number of hydrogen-bond acceptors (Lipinski definition) is 9. The first-order chi connectivity index (χ1) is 29.7. The molecule has 4 fully saturated rings. The number of alkyl halides is 1. The molecule has 2 aliphatic heterocycles. The molecular weight excluding hydrogens is 964 g/mol. The van der Waals surface area contributed by atoms with Gasteiger partial charge in [0.05, 0.1) is 29.6 Å². The van der Waals surface area contributed by atoms with Gasteiger partial charge in [0, 0.05) is 18.4 Å². The van der Waals surface area contributed by atoms with E-state index >= 15 is 0 Å². The minimum absolute atomic E-state index is 0. The summed E-state index contributed by atoms with van der Waals surface area (Å²) in [6.07, 6.45) is 6.93. The molecule has 2 saturated carbocycles. The fourth-order valence-electron chi connectivity index (χ4n) is 7.88. The number of anilines is 4. The molecule has 2 aliphatic carbocycles. The molecule has 2 spiro atoms. The first-order valence-corrected chi connectivity index (χ1v) is 22.0. The van der Waals surface area contributed by atoms with Crippen LogP contribution < -0.4 is 24.9 Å². The number of pyridine rings is 2. The second kappa shape index (κ2) is 19.2. The average Bonchev–Trinajstić information content (AvgIpc) is 3.63. The number of carbonyl (C=O) groups excluding carboxylic acids is 4. The maximum absolute atomic E-state index is 14.6. The molecule has 0 atom stereocenters. The third-order valence-electron chi connectivity index (χ3n) is 11.3. The van der Waals surface area contributed by atoms with Crippen LogP contribution in [0.2, 0.25) is 0 Å². The summed E-state index contributed by atoms with van der Waals surface area (Å²) in [6, 6.07) is 11.7. The predicted molar refractivity (Wildman–Crippen MR) is 253 cm³/mol. The van der Waals surface area contributed by atoms with Gasteiger partial charge >= 0.3 is 5.97 Å². The van der Waals surface area contributed by atoms with E-state index in [0.29, 0.717) is 59.6 Å². The summed E-state index contributed by atoms with van der Waals surface area (Å²) < 4.78 is 33.8.